The summed E-state index contributed by atoms with van der Waals surface area (Å²) in [6, 6.07) is 8.81. The topological polar surface area (TPSA) is 93.1 Å². The van der Waals surface area contributed by atoms with Crippen LogP contribution in [0.1, 0.15) is 60.2 Å². The number of carboxylic acids is 1. The Morgan fingerprint density at radius 2 is 1.84 bits per heavy atom. The van der Waals surface area contributed by atoms with Gasteiger partial charge < -0.3 is 19.7 Å². The zero-order valence-electron chi connectivity index (χ0n) is 18.3. The van der Waals surface area contributed by atoms with Crippen molar-refractivity contribution in [1.29, 1.82) is 0 Å². The minimum Gasteiger partial charge on any atom is -0.506 e. The molecule has 4 rings (SSSR count). The van der Waals surface area contributed by atoms with Gasteiger partial charge in [-0.1, -0.05) is 36.8 Å². The molecule has 166 valence electrons. The third-order valence-electron chi connectivity index (χ3n) is 6.26. The van der Waals surface area contributed by atoms with E-state index in [9.17, 15) is 19.8 Å². The lowest BCUT2D eigenvalue weighted by Gasteiger charge is -2.38. The highest BCUT2D eigenvalue weighted by molar-refractivity contribution is 6.11. The molecular weight excluding hydrogens is 408 g/mol. The average Bonchev–Trinajstić information content (AvgIpc) is 2.70. The summed E-state index contributed by atoms with van der Waals surface area (Å²) in [6.07, 6.45) is 8.75. The van der Waals surface area contributed by atoms with Crippen LogP contribution >= 0.6 is 0 Å². The molecule has 6 heteroatoms. The summed E-state index contributed by atoms with van der Waals surface area (Å²) < 4.78 is 11.2. The lowest BCUT2D eigenvalue weighted by atomic mass is 9.64. The summed E-state index contributed by atoms with van der Waals surface area (Å²) in [5.41, 5.74) is 0.717. The summed E-state index contributed by atoms with van der Waals surface area (Å²) in [7, 11) is 1.43. The molecule has 2 aliphatic rings. The fourth-order valence-corrected chi connectivity index (χ4v) is 4.21. The number of rotatable bonds is 6. The Bertz CT molecular complexity index is 1130. The highest BCUT2D eigenvalue weighted by Crippen LogP contribution is 2.45. The van der Waals surface area contributed by atoms with E-state index >= 15 is 0 Å². The average molecular weight is 434 g/mol. The Hall–Kier alpha value is -3.54. The van der Waals surface area contributed by atoms with E-state index < -0.39 is 22.8 Å². The van der Waals surface area contributed by atoms with Crippen molar-refractivity contribution in [2.45, 2.75) is 44.1 Å². The maximum atomic E-state index is 12.9. The molecule has 0 spiro atoms. The van der Waals surface area contributed by atoms with Crippen molar-refractivity contribution in [1.82, 2.24) is 0 Å². The van der Waals surface area contributed by atoms with E-state index in [1.54, 1.807) is 42.5 Å². The van der Waals surface area contributed by atoms with Gasteiger partial charge in [-0.05, 0) is 56.0 Å². The minimum atomic E-state index is -0.793. The number of ketones is 1. The lowest BCUT2D eigenvalue weighted by molar-refractivity contribution is -0.147. The predicted octanol–water partition coefficient (Wildman–Crippen LogP) is 4.99. The molecule has 1 aliphatic carbocycles. The predicted molar refractivity (Wildman–Crippen MR) is 121 cm³/mol. The second-order valence-electron chi connectivity index (χ2n) is 8.81. The SMILES string of the molecule is COc1cc2c(c(O)c1C(=O)/C=C/c1ccc(C3(C(=O)O)CCC3)cc1)C=CC(C)(C)O2. The largest absolute Gasteiger partial charge is 0.506 e. The number of carbonyl (C=O) groups is 2. The van der Waals surface area contributed by atoms with Gasteiger partial charge in [-0.25, -0.2) is 0 Å². The van der Waals surface area contributed by atoms with Crippen LogP contribution in [-0.4, -0.2) is 34.7 Å². The number of hydrogen-bond acceptors (Lipinski definition) is 5. The van der Waals surface area contributed by atoms with Crippen LogP contribution in [-0.2, 0) is 10.2 Å². The second-order valence-corrected chi connectivity index (χ2v) is 8.81. The van der Waals surface area contributed by atoms with E-state index in [4.69, 9.17) is 9.47 Å². The van der Waals surface area contributed by atoms with Gasteiger partial charge in [0.15, 0.2) is 5.78 Å². The van der Waals surface area contributed by atoms with Gasteiger partial charge >= 0.3 is 5.97 Å². The fourth-order valence-electron chi connectivity index (χ4n) is 4.21. The van der Waals surface area contributed by atoms with Gasteiger partial charge in [0.1, 0.15) is 28.4 Å². The van der Waals surface area contributed by atoms with E-state index in [1.807, 2.05) is 19.9 Å². The molecule has 1 heterocycles. The van der Waals surface area contributed by atoms with Crippen molar-refractivity contribution in [3.8, 4) is 17.2 Å². The van der Waals surface area contributed by atoms with E-state index in [0.29, 0.717) is 24.2 Å². The quantitative estimate of drug-likeness (QED) is 0.492. The lowest BCUT2D eigenvalue weighted by Crippen LogP contribution is -2.42. The van der Waals surface area contributed by atoms with Crippen LogP contribution in [0, 0.1) is 0 Å². The molecule has 1 saturated carbocycles. The Labute approximate surface area is 186 Å². The standard InChI is InChI=1S/C26H26O6/c1-25(2)14-11-18-20(32-25)15-21(31-3)22(23(18)28)19(27)10-7-16-5-8-17(9-6-16)26(24(29)30)12-4-13-26/h5-11,14-15,28H,4,12-13H2,1-3H3,(H,29,30)/b10-7+. The maximum Gasteiger partial charge on any atom is 0.314 e. The number of aromatic hydroxyl groups is 1. The summed E-state index contributed by atoms with van der Waals surface area (Å²) in [5.74, 6) is -0.717. The molecule has 1 fully saturated rings. The third-order valence-corrected chi connectivity index (χ3v) is 6.26. The molecule has 0 amide bonds. The van der Waals surface area contributed by atoms with Crippen LogP contribution < -0.4 is 9.47 Å². The molecule has 0 aromatic heterocycles. The molecule has 0 unspecified atom stereocenters. The highest BCUT2D eigenvalue weighted by Gasteiger charge is 2.45. The van der Waals surface area contributed by atoms with E-state index in [0.717, 1.165) is 17.5 Å². The Kier molecular flexibility index (Phi) is 5.33. The molecule has 2 N–H and O–H groups in total. The third kappa shape index (κ3) is 3.66. The van der Waals surface area contributed by atoms with Crippen molar-refractivity contribution in [3.63, 3.8) is 0 Å². The van der Waals surface area contributed by atoms with E-state index in [2.05, 4.69) is 0 Å². The molecule has 0 atom stereocenters. The van der Waals surface area contributed by atoms with Gasteiger partial charge in [-0.2, -0.15) is 0 Å². The number of aliphatic carboxylic acids is 1. The van der Waals surface area contributed by atoms with Crippen LogP contribution in [0.15, 0.2) is 42.5 Å². The maximum absolute atomic E-state index is 12.9. The number of carbonyl (C=O) groups excluding carboxylic acids is 1. The first-order valence-corrected chi connectivity index (χ1v) is 10.6. The van der Waals surface area contributed by atoms with Crippen molar-refractivity contribution in [2.75, 3.05) is 7.11 Å². The molecular formula is C26H26O6. The molecule has 0 saturated heterocycles. The molecule has 2 aromatic carbocycles. The van der Waals surface area contributed by atoms with E-state index in [-0.39, 0.29) is 17.1 Å². The van der Waals surface area contributed by atoms with Gasteiger partial charge in [-0.15, -0.1) is 0 Å². The number of fused-ring (bicyclic) bond motifs is 1. The van der Waals surface area contributed by atoms with Crippen molar-refractivity contribution in [3.05, 3.63) is 64.7 Å². The molecule has 32 heavy (non-hydrogen) atoms. The first-order valence-electron chi connectivity index (χ1n) is 10.6. The molecule has 1 aliphatic heterocycles. The van der Waals surface area contributed by atoms with Crippen LogP contribution in [0.4, 0.5) is 0 Å². The number of hydrogen-bond donors (Lipinski definition) is 2. The van der Waals surface area contributed by atoms with Crippen molar-refractivity contribution in [2.24, 2.45) is 0 Å². The van der Waals surface area contributed by atoms with E-state index in [1.165, 1.54) is 13.2 Å². The molecule has 0 radical (unpaired) electrons. The normalized spacial score (nSPS) is 17.8. The number of phenols is 1. The first-order chi connectivity index (χ1) is 15.2. The molecule has 6 nitrogen and oxygen atoms in total. The van der Waals surface area contributed by atoms with Crippen molar-refractivity contribution < 1.29 is 29.3 Å². The number of methoxy groups -OCH3 is 1. The number of phenolic OH excluding ortho intramolecular Hbond substituents is 1. The Morgan fingerprint density at radius 3 is 2.41 bits per heavy atom. The highest BCUT2D eigenvalue weighted by atomic mass is 16.5. The van der Waals surface area contributed by atoms with Crippen LogP contribution in [0.2, 0.25) is 0 Å². The summed E-state index contributed by atoms with van der Waals surface area (Å²) in [5, 5.41) is 20.4. The molecule has 0 bridgehead atoms. The fraction of sp³-hybridized carbons (Fsp3) is 0.308. The zero-order chi connectivity index (χ0) is 23.1. The van der Waals surface area contributed by atoms with Gasteiger partial charge in [0.05, 0.1) is 18.1 Å². The van der Waals surface area contributed by atoms with Gasteiger partial charge in [-0.3, -0.25) is 9.59 Å². The minimum absolute atomic E-state index is 0.0615. The van der Waals surface area contributed by atoms with Gasteiger partial charge in [0.25, 0.3) is 0 Å². The summed E-state index contributed by atoms with van der Waals surface area (Å²) >= 11 is 0. The zero-order valence-corrected chi connectivity index (χ0v) is 18.3. The number of ether oxygens (including phenoxy) is 2. The Balaban J connectivity index is 1.60. The van der Waals surface area contributed by atoms with Crippen LogP contribution in [0.3, 0.4) is 0 Å². The van der Waals surface area contributed by atoms with Crippen LogP contribution in [0.5, 0.6) is 17.2 Å². The second kappa shape index (κ2) is 7.86. The van der Waals surface area contributed by atoms with Gasteiger partial charge in [0.2, 0.25) is 0 Å². The number of carboxylic acid groups (broad SMARTS) is 1. The molecule has 2 aromatic rings. The van der Waals surface area contributed by atoms with Crippen LogP contribution in [0.25, 0.3) is 12.2 Å². The Morgan fingerprint density at radius 1 is 1.16 bits per heavy atom. The van der Waals surface area contributed by atoms with Gasteiger partial charge in [0, 0.05) is 6.07 Å². The van der Waals surface area contributed by atoms with Crippen molar-refractivity contribution >= 4 is 23.9 Å². The first kappa shape index (κ1) is 21.7. The summed E-state index contributed by atoms with van der Waals surface area (Å²) in [6.45, 7) is 3.79. The number of benzene rings is 2. The monoisotopic (exact) mass is 434 g/mol. The summed E-state index contributed by atoms with van der Waals surface area (Å²) in [4.78, 5) is 24.6. The number of allylic oxidation sites excluding steroid dienone is 1. The smallest absolute Gasteiger partial charge is 0.314 e.